The van der Waals surface area contributed by atoms with E-state index < -0.39 is 0 Å². The Kier molecular flexibility index (Phi) is 6.04. The molecule has 0 amide bonds. The topological polar surface area (TPSA) is 26.3 Å². The van der Waals surface area contributed by atoms with Crippen LogP contribution in [-0.4, -0.2) is 12.6 Å². The number of hydrogen-bond acceptors (Lipinski definition) is 2. The normalized spacial score (nSPS) is 19.2. The predicted molar refractivity (Wildman–Crippen MR) is 86.7 cm³/mol. The SMILES string of the molecule is Cc1cc(C)c2c(c1)CCCCCC/C=C\CCOC2=O. The second kappa shape index (κ2) is 8.02. The lowest BCUT2D eigenvalue weighted by molar-refractivity contribution is 0.0509. The van der Waals surface area contributed by atoms with Crippen molar-refractivity contribution in [3.63, 3.8) is 0 Å². The molecule has 1 heterocycles. The zero-order valence-electron chi connectivity index (χ0n) is 13.3. The number of allylic oxidation sites excluding steroid dienone is 1. The summed E-state index contributed by atoms with van der Waals surface area (Å²) in [5.41, 5.74) is 4.22. The Morgan fingerprint density at radius 3 is 2.57 bits per heavy atom. The van der Waals surface area contributed by atoms with Gasteiger partial charge >= 0.3 is 5.97 Å². The molecule has 0 radical (unpaired) electrons. The number of rotatable bonds is 0. The molecule has 1 aliphatic heterocycles. The van der Waals surface area contributed by atoms with E-state index >= 15 is 0 Å². The summed E-state index contributed by atoms with van der Waals surface area (Å²) in [7, 11) is 0. The molecule has 114 valence electrons. The van der Waals surface area contributed by atoms with Crippen LogP contribution in [0.1, 0.15) is 65.6 Å². The number of hydrogen-bond donors (Lipinski definition) is 0. The lowest BCUT2D eigenvalue weighted by Gasteiger charge is -2.14. The van der Waals surface area contributed by atoms with E-state index in [0.717, 1.165) is 42.4 Å². The molecule has 0 saturated carbocycles. The zero-order chi connectivity index (χ0) is 15.1. The van der Waals surface area contributed by atoms with E-state index in [2.05, 4.69) is 31.2 Å². The molecule has 0 N–H and O–H groups in total. The van der Waals surface area contributed by atoms with Crippen LogP contribution < -0.4 is 0 Å². The third-order valence-electron chi connectivity index (χ3n) is 4.02. The smallest absolute Gasteiger partial charge is 0.338 e. The first kappa shape index (κ1) is 15.8. The standard InChI is InChI=1S/C19H26O2/c1-15-13-16(2)18-17(14-15)11-9-7-5-3-4-6-8-10-12-21-19(18)20/h6,8,13-14H,3-5,7,9-12H2,1-2H3/b8-6-. The van der Waals surface area contributed by atoms with Crippen LogP contribution in [0.5, 0.6) is 0 Å². The molecule has 1 aliphatic rings. The molecule has 2 heteroatoms. The lowest BCUT2D eigenvalue weighted by Crippen LogP contribution is -2.12. The fourth-order valence-corrected chi connectivity index (χ4v) is 3.00. The molecule has 1 aromatic rings. The minimum atomic E-state index is -0.159. The Balaban J connectivity index is 2.21. The lowest BCUT2D eigenvalue weighted by atomic mass is 9.94. The van der Waals surface area contributed by atoms with Crippen LogP contribution in [0.2, 0.25) is 0 Å². The van der Waals surface area contributed by atoms with Gasteiger partial charge in [0.1, 0.15) is 0 Å². The van der Waals surface area contributed by atoms with Gasteiger partial charge in [-0.1, -0.05) is 42.7 Å². The van der Waals surface area contributed by atoms with Crippen molar-refractivity contribution in [3.8, 4) is 0 Å². The number of fused-ring (bicyclic) bond motifs is 1. The predicted octanol–water partition coefficient (Wildman–Crippen LogP) is 4.91. The van der Waals surface area contributed by atoms with Gasteiger partial charge in [-0.15, -0.1) is 0 Å². The maximum absolute atomic E-state index is 12.4. The summed E-state index contributed by atoms with van der Waals surface area (Å²) in [6, 6.07) is 4.22. The van der Waals surface area contributed by atoms with Gasteiger partial charge in [0.05, 0.1) is 12.2 Å². The van der Waals surface area contributed by atoms with E-state index in [1.165, 1.54) is 24.8 Å². The molecule has 0 aromatic heterocycles. The van der Waals surface area contributed by atoms with Crippen molar-refractivity contribution in [3.05, 3.63) is 46.5 Å². The fraction of sp³-hybridized carbons (Fsp3) is 0.526. The van der Waals surface area contributed by atoms with Crippen molar-refractivity contribution in [2.24, 2.45) is 0 Å². The van der Waals surface area contributed by atoms with Crippen molar-refractivity contribution in [2.45, 2.75) is 58.8 Å². The van der Waals surface area contributed by atoms with Crippen LogP contribution in [0.25, 0.3) is 0 Å². The Morgan fingerprint density at radius 2 is 1.71 bits per heavy atom. The third-order valence-corrected chi connectivity index (χ3v) is 4.02. The minimum absolute atomic E-state index is 0.159. The molecule has 1 aromatic carbocycles. The Morgan fingerprint density at radius 1 is 0.952 bits per heavy atom. The average molecular weight is 286 g/mol. The van der Waals surface area contributed by atoms with Gasteiger partial charge in [0.15, 0.2) is 0 Å². The van der Waals surface area contributed by atoms with Crippen LogP contribution in [0.15, 0.2) is 24.3 Å². The average Bonchev–Trinajstić information content (AvgIpc) is 2.43. The Labute approximate surface area is 128 Å². The molecule has 0 spiro atoms. The van der Waals surface area contributed by atoms with Crippen LogP contribution in [-0.2, 0) is 11.2 Å². The van der Waals surface area contributed by atoms with Gasteiger partial charge in [-0.25, -0.2) is 4.79 Å². The van der Waals surface area contributed by atoms with Crippen molar-refractivity contribution >= 4 is 5.97 Å². The molecular formula is C19H26O2. The van der Waals surface area contributed by atoms with Crippen molar-refractivity contribution in [1.82, 2.24) is 0 Å². The molecule has 2 nitrogen and oxygen atoms in total. The highest BCUT2D eigenvalue weighted by molar-refractivity contribution is 5.92. The maximum atomic E-state index is 12.4. The number of carbonyl (C=O) groups is 1. The Bertz CT molecular complexity index is 515. The van der Waals surface area contributed by atoms with Crippen LogP contribution in [0.3, 0.4) is 0 Å². The van der Waals surface area contributed by atoms with Crippen molar-refractivity contribution in [1.29, 1.82) is 0 Å². The maximum Gasteiger partial charge on any atom is 0.338 e. The van der Waals surface area contributed by atoms with Gasteiger partial charge < -0.3 is 4.74 Å². The largest absolute Gasteiger partial charge is 0.462 e. The van der Waals surface area contributed by atoms with Crippen LogP contribution in [0, 0.1) is 13.8 Å². The number of esters is 1. The van der Waals surface area contributed by atoms with Gasteiger partial charge in [0.2, 0.25) is 0 Å². The zero-order valence-corrected chi connectivity index (χ0v) is 13.3. The van der Waals surface area contributed by atoms with E-state index in [0.29, 0.717) is 6.61 Å². The van der Waals surface area contributed by atoms with E-state index in [9.17, 15) is 4.79 Å². The minimum Gasteiger partial charge on any atom is -0.462 e. The fourth-order valence-electron chi connectivity index (χ4n) is 3.00. The number of cyclic esters (lactones) is 1. The highest BCUT2D eigenvalue weighted by atomic mass is 16.5. The summed E-state index contributed by atoms with van der Waals surface area (Å²) >= 11 is 0. The summed E-state index contributed by atoms with van der Waals surface area (Å²) in [6.45, 7) is 4.58. The molecule has 0 bridgehead atoms. The molecule has 0 atom stereocenters. The molecule has 21 heavy (non-hydrogen) atoms. The van der Waals surface area contributed by atoms with Crippen LogP contribution >= 0.6 is 0 Å². The summed E-state index contributed by atoms with van der Waals surface area (Å²) in [6.07, 6.45) is 12.2. The highest BCUT2D eigenvalue weighted by Gasteiger charge is 2.16. The van der Waals surface area contributed by atoms with Crippen molar-refractivity contribution in [2.75, 3.05) is 6.61 Å². The highest BCUT2D eigenvalue weighted by Crippen LogP contribution is 2.21. The number of ether oxygens (including phenoxy) is 1. The molecule has 0 unspecified atom stereocenters. The van der Waals surface area contributed by atoms with E-state index in [1.807, 2.05) is 6.92 Å². The summed E-state index contributed by atoms with van der Waals surface area (Å²) in [5.74, 6) is -0.159. The van der Waals surface area contributed by atoms with Gasteiger partial charge in [-0.3, -0.25) is 0 Å². The third kappa shape index (κ3) is 4.73. The van der Waals surface area contributed by atoms with Crippen LogP contribution in [0.4, 0.5) is 0 Å². The first-order valence-electron chi connectivity index (χ1n) is 8.11. The first-order chi connectivity index (χ1) is 10.2. The monoisotopic (exact) mass is 286 g/mol. The molecule has 0 fully saturated rings. The van der Waals surface area contributed by atoms with Gasteiger partial charge in [-0.2, -0.15) is 0 Å². The van der Waals surface area contributed by atoms with Crippen molar-refractivity contribution < 1.29 is 9.53 Å². The molecule has 0 saturated heterocycles. The number of aryl methyl sites for hydroxylation is 3. The number of benzene rings is 1. The molecular weight excluding hydrogens is 260 g/mol. The number of carbonyl (C=O) groups excluding carboxylic acids is 1. The van der Waals surface area contributed by atoms with E-state index in [4.69, 9.17) is 4.74 Å². The summed E-state index contributed by atoms with van der Waals surface area (Å²) in [5, 5.41) is 0. The molecule has 0 aliphatic carbocycles. The van der Waals surface area contributed by atoms with Gasteiger partial charge in [0, 0.05) is 0 Å². The van der Waals surface area contributed by atoms with E-state index in [-0.39, 0.29) is 5.97 Å². The Hall–Kier alpha value is -1.57. The summed E-state index contributed by atoms with van der Waals surface area (Å²) < 4.78 is 5.44. The second-order valence-corrected chi connectivity index (χ2v) is 5.96. The van der Waals surface area contributed by atoms with Gasteiger partial charge in [0.25, 0.3) is 0 Å². The quantitative estimate of drug-likeness (QED) is 0.500. The first-order valence-corrected chi connectivity index (χ1v) is 8.11. The van der Waals surface area contributed by atoms with E-state index in [1.54, 1.807) is 0 Å². The second-order valence-electron chi connectivity index (χ2n) is 5.96. The molecule has 2 rings (SSSR count). The summed E-state index contributed by atoms with van der Waals surface area (Å²) in [4.78, 5) is 12.4. The van der Waals surface area contributed by atoms with Gasteiger partial charge in [-0.05, 0) is 57.1 Å².